The van der Waals surface area contributed by atoms with Gasteiger partial charge in [0.1, 0.15) is 18.1 Å². The molecule has 0 aromatic carbocycles. The molecule has 0 aliphatic carbocycles. The third-order valence-corrected chi connectivity index (χ3v) is 4.59. The number of carbonyl (C=O) groups is 5. The normalized spacial score (nSPS) is 16.1. The third kappa shape index (κ3) is 8.90. The molecule has 0 saturated carbocycles. The van der Waals surface area contributed by atoms with E-state index in [-0.39, 0.29) is 11.8 Å². The lowest BCUT2D eigenvalue weighted by molar-refractivity contribution is -0.143. The van der Waals surface area contributed by atoms with Crippen molar-refractivity contribution in [3.8, 4) is 0 Å². The fourth-order valence-electron chi connectivity index (χ4n) is 2.32. The van der Waals surface area contributed by atoms with Crippen LogP contribution in [0.1, 0.15) is 47.5 Å². The van der Waals surface area contributed by atoms with Crippen LogP contribution in [-0.2, 0) is 24.0 Å². The fraction of sp³-hybridized carbons (Fsp3) is 0.722. The lowest BCUT2D eigenvalue weighted by Gasteiger charge is -2.27. The van der Waals surface area contributed by atoms with E-state index in [2.05, 4.69) is 16.0 Å². The van der Waals surface area contributed by atoms with Crippen LogP contribution in [0.5, 0.6) is 0 Å². The largest absolute Gasteiger partial charge is 0.480 e. The molecule has 11 nitrogen and oxygen atoms in total. The second-order valence-corrected chi connectivity index (χ2v) is 7.44. The van der Waals surface area contributed by atoms with Crippen LogP contribution in [0, 0.1) is 11.8 Å². The van der Waals surface area contributed by atoms with Crippen molar-refractivity contribution in [2.45, 2.75) is 71.6 Å². The van der Waals surface area contributed by atoms with E-state index in [9.17, 15) is 24.0 Å². The SMILES string of the molecule is CCC(C)C(NC(=O)C(N)C(C)C)C(=O)NC(C)C(=O)NC(CC(N)=O)C(=O)O. The summed E-state index contributed by atoms with van der Waals surface area (Å²) in [5.74, 6) is -4.58. The Morgan fingerprint density at radius 3 is 1.86 bits per heavy atom. The minimum absolute atomic E-state index is 0.126. The summed E-state index contributed by atoms with van der Waals surface area (Å²) < 4.78 is 0. The van der Waals surface area contributed by atoms with Crippen molar-refractivity contribution >= 4 is 29.6 Å². The molecule has 0 saturated heterocycles. The van der Waals surface area contributed by atoms with E-state index < -0.39 is 60.2 Å². The number of aliphatic carboxylic acids is 1. The first-order chi connectivity index (χ1) is 13.3. The van der Waals surface area contributed by atoms with Gasteiger partial charge in [-0.25, -0.2) is 4.79 Å². The number of carboxylic acids is 1. The molecule has 0 aliphatic heterocycles. The Labute approximate surface area is 170 Å². The minimum atomic E-state index is -1.51. The maximum Gasteiger partial charge on any atom is 0.326 e. The highest BCUT2D eigenvalue weighted by atomic mass is 16.4. The minimum Gasteiger partial charge on any atom is -0.480 e. The highest BCUT2D eigenvalue weighted by Gasteiger charge is 2.31. The lowest BCUT2D eigenvalue weighted by Crippen LogP contribution is -2.58. The molecule has 0 bridgehead atoms. The maximum absolute atomic E-state index is 12.6. The summed E-state index contributed by atoms with van der Waals surface area (Å²) in [6, 6.07) is -4.33. The monoisotopic (exact) mass is 415 g/mol. The van der Waals surface area contributed by atoms with E-state index in [1.807, 2.05) is 6.92 Å². The molecule has 0 radical (unpaired) electrons. The summed E-state index contributed by atoms with van der Waals surface area (Å²) >= 11 is 0. The molecule has 29 heavy (non-hydrogen) atoms. The van der Waals surface area contributed by atoms with E-state index in [1.165, 1.54) is 6.92 Å². The second-order valence-electron chi connectivity index (χ2n) is 7.44. The van der Waals surface area contributed by atoms with Gasteiger partial charge in [-0.3, -0.25) is 19.2 Å². The summed E-state index contributed by atoms with van der Waals surface area (Å²) in [6.45, 7) is 8.52. The highest BCUT2D eigenvalue weighted by molar-refractivity contribution is 5.94. The Bertz CT molecular complexity index is 624. The van der Waals surface area contributed by atoms with Gasteiger partial charge in [0.15, 0.2) is 0 Å². The first kappa shape index (κ1) is 26.3. The zero-order chi connectivity index (χ0) is 22.9. The predicted molar refractivity (Wildman–Crippen MR) is 105 cm³/mol. The van der Waals surface area contributed by atoms with Crippen LogP contribution < -0.4 is 27.4 Å². The van der Waals surface area contributed by atoms with Gasteiger partial charge in [-0.05, 0) is 18.8 Å². The van der Waals surface area contributed by atoms with Gasteiger partial charge < -0.3 is 32.5 Å². The van der Waals surface area contributed by atoms with E-state index in [1.54, 1.807) is 20.8 Å². The van der Waals surface area contributed by atoms with Crippen LogP contribution in [0.4, 0.5) is 0 Å². The molecule has 5 unspecified atom stereocenters. The van der Waals surface area contributed by atoms with E-state index in [4.69, 9.17) is 16.6 Å². The molecule has 0 rings (SSSR count). The summed E-state index contributed by atoms with van der Waals surface area (Å²) in [4.78, 5) is 59.2. The topological polar surface area (TPSA) is 194 Å². The van der Waals surface area contributed by atoms with Gasteiger partial charge in [0, 0.05) is 0 Å². The number of hydrogen-bond donors (Lipinski definition) is 6. The van der Waals surface area contributed by atoms with Crippen molar-refractivity contribution in [1.82, 2.24) is 16.0 Å². The Balaban J connectivity index is 5.14. The Morgan fingerprint density at radius 1 is 0.897 bits per heavy atom. The lowest BCUT2D eigenvalue weighted by atomic mass is 9.96. The molecule has 0 aliphatic rings. The summed E-state index contributed by atoms with van der Waals surface area (Å²) in [5, 5.41) is 16.3. The van der Waals surface area contributed by atoms with Gasteiger partial charge in [-0.1, -0.05) is 34.1 Å². The van der Waals surface area contributed by atoms with Crippen LogP contribution in [0.3, 0.4) is 0 Å². The molecule has 0 spiro atoms. The average molecular weight is 415 g/mol. The van der Waals surface area contributed by atoms with E-state index in [0.29, 0.717) is 6.42 Å². The Hall–Kier alpha value is -2.69. The zero-order valence-corrected chi connectivity index (χ0v) is 17.5. The summed E-state index contributed by atoms with van der Waals surface area (Å²) in [5.41, 5.74) is 10.8. The van der Waals surface area contributed by atoms with E-state index >= 15 is 0 Å². The number of hydrogen-bond acceptors (Lipinski definition) is 6. The molecule has 0 fully saturated rings. The fourth-order valence-corrected chi connectivity index (χ4v) is 2.32. The van der Waals surface area contributed by atoms with Crippen LogP contribution in [0.25, 0.3) is 0 Å². The van der Waals surface area contributed by atoms with Gasteiger partial charge in [0.25, 0.3) is 0 Å². The number of primary amides is 1. The van der Waals surface area contributed by atoms with Crippen molar-refractivity contribution in [2.24, 2.45) is 23.3 Å². The summed E-state index contributed by atoms with van der Waals surface area (Å²) in [7, 11) is 0. The molecule has 4 amide bonds. The smallest absolute Gasteiger partial charge is 0.326 e. The third-order valence-electron chi connectivity index (χ3n) is 4.59. The number of rotatable bonds is 12. The van der Waals surface area contributed by atoms with Crippen molar-refractivity contribution in [2.75, 3.05) is 0 Å². The maximum atomic E-state index is 12.6. The van der Waals surface area contributed by atoms with Crippen LogP contribution in [0.2, 0.25) is 0 Å². The molecule has 0 heterocycles. The van der Waals surface area contributed by atoms with Crippen LogP contribution in [0.15, 0.2) is 0 Å². The number of carboxylic acid groups (broad SMARTS) is 1. The first-order valence-corrected chi connectivity index (χ1v) is 9.49. The van der Waals surface area contributed by atoms with Crippen LogP contribution in [-0.4, -0.2) is 58.9 Å². The molecule has 11 heteroatoms. The zero-order valence-electron chi connectivity index (χ0n) is 17.5. The van der Waals surface area contributed by atoms with Gasteiger partial charge in [0.05, 0.1) is 12.5 Å². The number of carbonyl (C=O) groups excluding carboxylic acids is 4. The molecule has 0 aromatic rings. The summed E-state index contributed by atoms with van der Waals surface area (Å²) in [6.07, 6.45) is -0.00403. The predicted octanol–water partition coefficient (Wildman–Crippen LogP) is -1.55. The molecule has 0 aromatic heterocycles. The average Bonchev–Trinajstić information content (AvgIpc) is 2.62. The highest BCUT2D eigenvalue weighted by Crippen LogP contribution is 2.10. The van der Waals surface area contributed by atoms with Gasteiger partial charge in [0.2, 0.25) is 23.6 Å². The van der Waals surface area contributed by atoms with Gasteiger partial charge in [-0.2, -0.15) is 0 Å². The number of amides is 4. The molecule has 166 valence electrons. The van der Waals surface area contributed by atoms with Gasteiger partial charge in [-0.15, -0.1) is 0 Å². The second kappa shape index (κ2) is 12.0. The van der Waals surface area contributed by atoms with Gasteiger partial charge >= 0.3 is 5.97 Å². The van der Waals surface area contributed by atoms with Crippen molar-refractivity contribution in [1.29, 1.82) is 0 Å². The van der Waals surface area contributed by atoms with E-state index in [0.717, 1.165) is 0 Å². The first-order valence-electron chi connectivity index (χ1n) is 9.49. The van der Waals surface area contributed by atoms with Crippen LogP contribution >= 0.6 is 0 Å². The molecule has 5 atom stereocenters. The molecular weight excluding hydrogens is 382 g/mol. The van der Waals surface area contributed by atoms with Crippen molar-refractivity contribution in [3.05, 3.63) is 0 Å². The number of nitrogens with two attached hydrogens (primary N) is 2. The number of nitrogens with one attached hydrogen (secondary N) is 3. The quantitative estimate of drug-likeness (QED) is 0.222. The van der Waals surface area contributed by atoms with Crippen molar-refractivity contribution < 1.29 is 29.1 Å². The van der Waals surface area contributed by atoms with Crippen molar-refractivity contribution in [3.63, 3.8) is 0 Å². The Kier molecular flexibility index (Phi) is 10.9. The Morgan fingerprint density at radius 2 is 1.45 bits per heavy atom. The molecule has 8 N–H and O–H groups in total. The molecular formula is C18H33N5O6. The standard InChI is InChI=1S/C18H33N5O6/c1-6-9(4)14(23-16(26)13(20)8(2)3)17(27)21-10(5)15(25)22-11(18(28)29)7-12(19)24/h8-11,13-14H,6-7,20H2,1-5H3,(H2,19,24)(H,21,27)(H,22,25)(H,23,26)(H,28,29).